The summed E-state index contributed by atoms with van der Waals surface area (Å²) in [6, 6.07) is 3.75. The van der Waals surface area contributed by atoms with Gasteiger partial charge in [0.05, 0.1) is 5.69 Å². The van der Waals surface area contributed by atoms with Crippen LogP contribution >= 0.6 is 0 Å². The third kappa shape index (κ3) is 1.05. The smallest absolute Gasteiger partial charge is 0.178 e. The second-order valence-electron chi connectivity index (χ2n) is 2.34. The van der Waals surface area contributed by atoms with Crippen LogP contribution in [0.2, 0.25) is 0 Å². The molecule has 3 heteroatoms. The zero-order valence-electron chi connectivity index (χ0n) is 6.44. The van der Waals surface area contributed by atoms with E-state index in [1.807, 2.05) is 12.1 Å². The Balaban J connectivity index is 2.75. The summed E-state index contributed by atoms with van der Waals surface area (Å²) >= 11 is 0. The fourth-order valence-electron chi connectivity index (χ4n) is 0.983. The average molecular weight is 157 g/mol. The molecule has 0 amide bonds. The first-order valence-electron chi connectivity index (χ1n) is 3.60. The normalized spacial score (nSPS) is 10.0. The van der Waals surface area contributed by atoms with Gasteiger partial charge in [-0.05, 0) is 18.2 Å². The van der Waals surface area contributed by atoms with Gasteiger partial charge in [-0.1, -0.05) is 6.58 Å². The molecule has 0 aliphatic heterocycles. The van der Waals surface area contributed by atoms with Crippen molar-refractivity contribution in [2.75, 3.05) is 0 Å². The highest BCUT2D eigenvalue weighted by molar-refractivity contribution is 5.70. The van der Waals surface area contributed by atoms with Crippen molar-refractivity contribution in [1.29, 1.82) is 0 Å². The summed E-state index contributed by atoms with van der Waals surface area (Å²) in [6.07, 6.45) is 4.97. The molecule has 3 nitrogen and oxygen atoms in total. The van der Waals surface area contributed by atoms with Crippen LogP contribution in [0.1, 0.15) is 5.69 Å². The van der Waals surface area contributed by atoms with Crippen molar-refractivity contribution < 1.29 is 0 Å². The van der Waals surface area contributed by atoms with Gasteiger partial charge in [-0.25, -0.2) is 9.97 Å². The summed E-state index contributed by atoms with van der Waals surface area (Å²) in [7, 11) is 0. The number of hydrogen-bond donors (Lipinski definition) is 0. The van der Waals surface area contributed by atoms with Crippen molar-refractivity contribution in [2.45, 2.75) is 0 Å². The highest BCUT2D eigenvalue weighted by atomic mass is 14.9. The van der Waals surface area contributed by atoms with E-state index in [9.17, 15) is 0 Å². The second kappa shape index (κ2) is 2.70. The zero-order valence-corrected chi connectivity index (χ0v) is 6.44. The molecule has 0 saturated carbocycles. The SMILES string of the molecule is C=Cc1ccc2nccnc2n1. The molecular weight excluding hydrogens is 150 g/mol. The van der Waals surface area contributed by atoms with E-state index in [1.54, 1.807) is 18.5 Å². The lowest BCUT2D eigenvalue weighted by Crippen LogP contribution is -1.87. The zero-order chi connectivity index (χ0) is 8.39. The van der Waals surface area contributed by atoms with Crippen LogP contribution in [0.3, 0.4) is 0 Å². The molecule has 58 valence electrons. The molecule has 12 heavy (non-hydrogen) atoms. The van der Waals surface area contributed by atoms with Crippen LogP contribution in [-0.2, 0) is 0 Å². The van der Waals surface area contributed by atoms with Crippen molar-refractivity contribution in [3.05, 3.63) is 36.8 Å². The maximum Gasteiger partial charge on any atom is 0.178 e. The molecule has 0 spiro atoms. The number of nitrogens with zero attached hydrogens (tertiary/aromatic N) is 3. The van der Waals surface area contributed by atoms with Gasteiger partial charge in [-0.15, -0.1) is 0 Å². The molecule has 0 unspecified atom stereocenters. The van der Waals surface area contributed by atoms with Crippen molar-refractivity contribution >= 4 is 17.2 Å². The first-order chi connectivity index (χ1) is 5.90. The lowest BCUT2D eigenvalue weighted by atomic mass is 10.3. The van der Waals surface area contributed by atoms with Gasteiger partial charge in [-0.2, -0.15) is 0 Å². The monoisotopic (exact) mass is 157 g/mol. The molecule has 0 fully saturated rings. The minimum Gasteiger partial charge on any atom is -0.251 e. The number of hydrogen-bond acceptors (Lipinski definition) is 3. The minimum atomic E-state index is 0.662. The van der Waals surface area contributed by atoms with E-state index < -0.39 is 0 Å². The predicted molar refractivity (Wildman–Crippen MR) is 47.4 cm³/mol. The van der Waals surface area contributed by atoms with Gasteiger partial charge < -0.3 is 0 Å². The fourth-order valence-corrected chi connectivity index (χ4v) is 0.983. The summed E-state index contributed by atoms with van der Waals surface area (Å²) < 4.78 is 0. The summed E-state index contributed by atoms with van der Waals surface area (Å²) in [5.74, 6) is 0. The van der Waals surface area contributed by atoms with Crippen LogP contribution < -0.4 is 0 Å². The first-order valence-corrected chi connectivity index (χ1v) is 3.60. The Kier molecular flexibility index (Phi) is 1.55. The molecule has 0 aliphatic rings. The molecule has 0 atom stereocenters. The fraction of sp³-hybridized carbons (Fsp3) is 0. The molecule has 2 aromatic rings. The first kappa shape index (κ1) is 6.91. The molecule has 0 N–H and O–H groups in total. The minimum absolute atomic E-state index is 0.662. The predicted octanol–water partition coefficient (Wildman–Crippen LogP) is 1.67. The third-order valence-electron chi connectivity index (χ3n) is 1.56. The topological polar surface area (TPSA) is 38.7 Å². The van der Waals surface area contributed by atoms with Crippen molar-refractivity contribution in [1.82, 2.24) is 15.0 Å². The molecule has 0 aromatic carbocycles. The summed E-state index contributed by atoms with van der Waals surface area (Å²) in [5.41, 5.74) is 2.29. The maximum absolute atomic E-state index is 4.20. The number of rotatable bonds is 1. The Morgan fingerprint density at radius 1 is 1.17 bits per heavy atom. The van der Waals surface area contributed by atoms with Crippen molar-refractivity contribution in [2.24, 2.45) is 0 Å². The van der Waals surface area contributed by atoms with Crippen LogP contribution in [0.15, 0.2) is 31.1 Å². The van der Waals surface area contributed by atoms with Gasteiger partial charge in [0.15, 0.2) is 5.65 Å². The van der Waals surface area contributed by atoms with Gasteiger partial charge >= 0.3 is 0 Å². The molecule has 0 radical (unpaired) electrons. The van der Waals surface area contributed by atoms with E-state index in [1.165, 1.54) is 0 Å². The summed E-state index contributed by atoms with van der Waals surface area (Å²) in [5, 5.41) is 0. The Bertz CT molecular complexity index is 423. The van der Waals surface area contributed by atoms with Crippen LogP contribution in [0.5, 0.6) is 0 Å². The van der Waals surface area contributed by atoms with Gasteiger partial charge in [0, 0.05) is 12.4 Å². The Labute approximate surface area is 69.8 Å². The van der Waals surface area contributed by atoms with Crippen LogP contribution in [0.25, 0.3) is 17.2 Å². The second-order valence-corrected chi connectivity index (χ2v) is 2.34. The number of aromatic nitrogens is 3. The standard InChI is InChI=1S/C9H7N3/c1-2-7-3-4-8-9(12-7)11-6-5-10-8/h2-6H,1H2. The molecule has 2 aromatic heterocycles. The molecule has 0 aliphatic carbocycles. The Hall–Kier alpha value is -1.77. The summed E-state index contributed by atoms with van der Waals surface area (Å²) in [4.78, 5) is 12.4. The van der Waals surface area contributed by atoms with Gasteiger partial charge in [0.25, 0.3) is 0 Å². The molecule has 2 rings (SSSR count). The van der Waals surface area contributed by atoms with Gasteiger partial charge in [0.1, 0.15) is 5.52 Å². The van der Waals surface area contributed by atoms with E-state index in [0.717, 1.165) is 11.2 Å². The van der Waals surface area contributed by atoms with Gasteiger partial charge in [0.2, 0.25) is 0 Å². The van der Waals surface area contributed by atoms with Crippen LogP contribution in [0.4, 0.5) is 0 Å². The van der Waals surface area contributed by atoms with E-state index >= 15 is 0 Å². The van der Waals surface area contributed by atoms with E-state index in [0.29, 0.717) is 5.65 Å². The number of pyridine rings is 1. The molecular formula is C9H7N3. The van der Waals surface area contributed by atoms with Gasteiger partial charge in [-0.3, -0.25) is 4.98 Å². The lowest BCUT2D eigenvalue weighted by Gasteiger charge is -1.94. The maximum atomic E-state index is 4.20. The highest BCUT2D eigenvalue weighted by Gasteiger charge is 1.95. The van der Waals surface area contributed by atoms with Crippen LogP contribution in [-0.4, -0.2) is 15.0 Å². The Morgan fingerprint density at radius 2 is 2.00 bits per heavy atom. The Morgan fingerprint density at radius 3 is 2.83 bits per heavy atom. The number of fused-ring (bicyclic) bond motifs is 1. The third-order valence-corrected chi connectivity index (χ3v) is 1.56. The largest absolute Gasteiger partial charge is 0.251 e. The molecule has 0 saturated heterocycles. The average Bonchev–Trinajstić information content (AvgIpc) is 2.17. The van der Waals surface area contributed by atoms with E-state index in [2.05, 4.69) is 21.5 Å². The lowest BCUT2D eigenvalue weighted by molar-refractivity contribution is 1.21. The quantitative estimate of drug-likeness (QED) is 0.632. The highest BCUT2D eigenvalue weighted by Crippen LogP contribution is 2.06. The summed E-state index contributed by atoms with van der Waals surface area (Å²) in [6.45, 7) is 3.63. The molecule has 2 heterocycles. The van der Waals surface area contributed by atoms with E-state index in [4.69, 9.17) is 0 Å². The van der Waals surface area contributed by atoms with E-state index in [-0.39, 0.29) is 0 Å². The van der Waals surface area contributed by atoms with Crippen LogP contribution in [0, 0.1) is 0 Å². The molecule has 0 bridgehead atoms. The van der Waals surface area contributed by atoms with Crippen molar-refractivity contribution in [3.8, 4) is 0 Å². The van der Waals surface area contributed by atoms with Crippen molar-refractivity contribution in [3.63, 3.8) is 0 Å².